The number of rotatable bonds is 3. The summed E-state index contributed by atoms with van der Waals surface area (Å²) < 4.78 is 33.4. The number of methoxy groups -OCH3 is 1. The van der Waals surface area contributed by atoms with Gasteiger partial charge in [-0.3, -0.25) is 9.59 Å². The monoisotopic (exact) mass is 504 g/mol. The minimum atomic E-state index is -1.05. The lowest BCUT2D eigenvalue weighted by atomic mass is 9.92. The van der Waals surface area contributed by atoms with Crippen LogP contribution in [0.3, 0.4) is 0 Å². The average Bonchev–Trinajstić information content (AvgIpc) is 2.84. The highest BCUT2D eigenvalue weighted by Crippen LogP contribution is 2.38. The van der Waals surface area contributed by atoms with Crippen LogP contribution < -0.4 is 15.4 Å². The van der Waals surface area contributed by atoms with E-state index < -0.39 is 35.4 Å². The lowest BCUT2D eigenvalue weighted by Crippen LogP contribution is -2.31. The number of hydrogen-bond acceptors (Lipinski definition) is 3. The van der Waals surface area contributed by atoms with Crippen LogP contribution in [0.5, 0.6) is 5.75 Å². The van der Waals surface area contributed by atoms with Gasteiger partial charge in [0.1, 0.15) is 17.4 Å². The van der Waals surface area contributed by atoms with Crippen molar-refractivity contribution in [3.05, 3.63) is 92.5 Å². The standard InChI is InChI=1S/C25H20Cl2F2N2O3/c1-12-3-5-14(28)8-16(12)24-15-6-4-13(26)7-21(15)30-25(33)18(10-23(32)31-24)17-9-19(27)20(29)11-22(17)34-2/h3-9,11,18,24H,10H2,1-2H3,(H,30,33)(H,31,32). The van der Waals surface area contributed by atoms with Crippen molar-refractivity contribution in [3.8, 4) is 5.75 Å². The third-order valence-electron chi connectivity index (χ3n) is 5.80. The van der Waals surface area contributed by atoms with Crippen LogP contribution in [0.4, 0.5) is 14.5 Å². The number of halogens is 4. The van der Waals surface area contributed by atoms with Gasteiger partial charge in [0.05, 0.1) is 24.1 Å². The Balaban J connectivity index is 1.86. The van der Waals surface area contributed by atoms with Crippen molar-refractivity contribution in [2.75, 3.05) is 12.4 Å². The molecule has 1 heterocycles. The second-order valence-corrected chi connectivity index (χ2v) is 8.83. The molecule has 0 aromatic heterocycles. The maximum atomic E-state index is 14.1. The quantitative estimate of drug-likeness (QED) is 0.465. The van der Waals surface area contributed by atoms with E-state index in [4.69, 9.17) is 27.9 Å². The molecule has 34 heavy (non-hydrogen) atoms. The van der Waals surface area contributed by atoms with Gasteiger partial charge in [0, 0.05) is 34.3 Å². The number of aryl methyl sites for hydroxylation is 1. The SMILES string of the molecule is COc1cc(F)c(Cl)cc1C1CC(=O)NC(c2cc(F)ccc2C)c2ccc(Cl)cc2NC1=O. The predicted molar refractivity (Wildman–Crippen MR) is 127 cm³/mol. The number of anilines is 1. The average molecular weight is 505 g/mol. The molecule has 0 bridgehead atoms. The second kappa shape index (κ2) is 9.60. The highest BCUT2D eigenvalue weighted by Gasteiger charge is 2.33. The van der Waals surface area contributed by atoms with E-state index in [1.54, 1.807) is 31.2 Å². The molecule has 2 amide bonds. The zero-order chi connectivity index (χ0) is 24.6. The minimum absolute atomic E-state index is 0.0814. The van der Waals surface area contributed by atoms with Crippen LogP contribution in [-0.2, 0) is 9.59 Å². The lowest BCUT2D eigenvalue weighted by Gasteiger charge is -2.23. The Bertz CT molecular complexity index is 1300. The van der Waals surface area contributed by atoms with Crippen molar-refractivity contribution >= 4 is 40.7 Å². The number of ether oxygens (including phenoxy) is 1. The van der Waals surface area contributed by atoms with E-state index >= 15 is 0 Å². The molecular formula is C25H20Cl2F2N2O3. The molecule has 0 saturated carbocycles. The highest BCUT2D eigenvalue weighted by atomic mass is 35.5. The fourth-order valence-corrected chi connectivity index (χ4v) is 4.44. The predicted octanol–water partition coefficient (Wildman–Crippen LogP) is 5.92. The number of hydrogen-bond donors (Lipinski definition) is 2. The van der Waals surface area contributed by atoms with Gasteiger partial charge < -0.3 is 15.4 Å². The zero-order valence-corrected chi connectivity index (χ0v) is 19.7. The summed E-state index contributed by atoms with van der Waals surface area (Å²) in [5.74, 6) is -3.15. The van der Waals surface area contributed by atoms with Crippen LogP contribution in [0.1, 0.15) is 40.6 Å². The molecule has 1 aliphatic rings. The molecule has 0 radical (unpaired) electrons. The number of fused-ring (bicyclic) bond motifs is 1. The van der Waals surface area contributed by atoms with Crippen molar-refractivity contribution in [3.63, 3.8) is 0 Å². The molecule has 0 aliphatic carbocycles. The Labute approximate surface area is 205 Å². The fourth-order valence-electron chi connectivity index (χ4n) is 4.10. The van der Waals surface area contributed by atoms with E-state index in [9.17, 15) is 18.4 Å². The van der Waals surface area contributed by atoms with Crippen LogP contribution in [0.25, 0.3) is 0 Å². The molecule has 1 aliphatic heterocycles. The molecule has 3 aromatic carbocycles. The van der Waals surface area contributed by atoms with E-state index in [1.807, 2.05) is 0 Å². The third kappa shape index (κ3) is 4.72. The topological polar surface area (TPSA) is 67.4 Å². The van der Waals surface area contributed by atoms with Crippen molar-refractivity contribution in [1.29, 1.82) is 0 Å². The van der Waals surface area contributed by atoms with Gasteiger partial charge in [0.15, 0.2) is 0 Å². The van der Waals surface area contributed by atoms with Crippen LogP contribution in [0.15, 0.2) is 48.5 Å². The van der Waals surface area contributed by atoms with Gasteiger partial charge in [-0.05, 0) is 48.4 Å². The van der Waals surface area contributed by atoms with Crippen molar-refractivity contribution in [2.24, 2.45) is 0 Å². The molecule has 0 saturated heterocycles. The largest absolute Gasteiger partial charge is 0.496 e. The summed E-state index contributed by atoms with van der Waals surface area (Å²) in [6.45, 7) is 1.80. The first-order chi connectivity index (χ1) is 16.2. The Morgan fingerprint density at radius 3 is 2.47 bits per heavy atom. The Morgan fingerprint density at radius 2 is 1.74 bits per heavy atom. The summed E-state index contributed by atoms with van der Waals surface area (Å²) in [6.07, 6.45) is -0.281. The van der Waals surface area contributed by atoms with E-state index in [1.165, 1.54) is 25.3 Å². The molecule has 5 nitrogen and oxygen atoms in total. The molecule has 0 fully saturated rings. The van der Waals surface area contributed by atoms with Gasteiger partial charge in [-0.15, -0.1) is 0 Å². The number of nitrogens with one attached hydrogen (secondary N) is 2. The molecule has 4 rings (SSSR count). The lowest BCUT2D eigenvalue weighted by molar-refractivity contribution is -0.125. The minimum Gasteiger partial charge on any atom is -0.496 e. The van der Waals surface area contributed by atoms with Crippen molar-refractivity contribution in [2.45, 2.75) is 25.3 Å². The zero-order valence-electron chi connectivity index (χ0n) is 18.2. The Kier molecular flexibility index (Phi) is 6.77. The number of carbonyl (C=O) groups excluding carboxylic acids is 2. The summed E-state index contributed by atoms with van der Waals surface area (Å²) in [5.41, 5.74) is 2.43. The molecular weight excluding hydrogens is 485 g/mol. The first-order valence-corrected chi connectivity index (χ1v) is 11.1. The van der Waals surface area contributed by atoms with E-state index in [0.29, 0.717) is 21.8 Å². The van der Waals surface area contributed by atoms with Crippen LogP contribution in [-0.4, -0.2) is 18.9 Å². The maximum absolute atomic E-state index is 14.1. The second-order valence-electron chi connectivity index (χ2n) is 7.99. The molecule has 176 valence electrons. The Morgan fingerprint density at radius 1 is 0.971 bits per heavy atom. The highest BCUT2D eigenvalue weighted by molar-refractivity contribution is 6.31. The fraction of sp³-hybridized carbons (Fsp3) is 0.200. The van der Waals surface area contributed by atoms with E-state index in [0.717, 1.165) is 11.6 Å². The smallest absolute Gasteiger partial charge is 0.232 e. The molecule has 2 unspecified atom stereocenters. The molecule has 3 aromatic rings. The summed E-state index contributed by atoms with van der Waals surface area (Å²) >= 11 is 12.2. The van der Waals surface area contributed by atoms with Gasteiger partial charge >= 0.3 is 0 Å². The van der Waals surface area contributed by atoms with E-state index in [2.05, 4.69) is 10.6 Å². The van der Waals surface area contributed by atoms with Crippen molar-refractivity contribution in [1.82, 2.24) is 5.32 Å². The van der Waals surface area contributed by atoms with Gasteiger partial charge in [0.2, 0.25) is 11.8 Å². The van der Waals surface area contributed by atoms with Crippen LogP contribution >= 0.6 is 23.2 Å². The summed E-state index contributed by atoms with van der Waals surface area (Å²) in [7, 11) is 1.33. The van der Waals surface area contributed by atoms with Gasteiger partial charge in [-0.1, -0.05) is 35.3 Å². The van der Waals surface area contributed by atoms with Crippen LogP contribution in [0.2, 0.25) is 10.0 Å². The molecule has 0 spiro atoms. The van der Waals surface area contributed by atoms with Crippen molar-refractivity contribution < 1.29 is 23.1 Å². The summed E-state index contributed by atoms with van der Waals surface area (Å²) in [6, 6.07) is 10.7. The number of benzene rings is 3. The van der Waals surface area contributed by atoms with Crippen LogP contribution in [0, 0.1) is 18.6 Å². The van der Waals surface area contributed by atoms with Gasteiger partial charge in [-0.25, -0.2) is 8.78 Å². The molecule has 9 heteroatoms. The van der Waals surface area contributed by atoms with Gasteiger partial charge in [-0.2, -0.15) is 0 Å². The number of amides is 2. The summed E-state index contributed by atoms with van der Waals surface area (Å²) in [5, 5.41) is 5.90. The maximum Gasteiger partial charge on any atom is 0.232 e. The molecule has 2 N–H and O–H groups in total. The first kappa shape index (κ1) is 24.0. The number of carbonyl (C=O) groups is 2. The summed E-state index contributed by atoms with van der Waals surface area (Å²) in [4.78, 5) is 26.5. The normalized spacial score (nSPS) is 18.2. The third-order valence-corrected chi connectivity index (χ3v) is 6.32. The van der Waals surface area contributed by atoms with E-state index in [-0.39, 0.29) is 22.8 Å². The first-order valence-electron chi connectivity index (χ1n) is 10.4. The van der Waals surface area contributed by atoms with Gasteiger partial charge in [0.25, 0.3) is 0 Å². The Hall–Kier alpha value is -3.16. The molecule has 2 atom stereocenters.